The van der Waals surface area contributed by atoms with Gasteiger partial charge in [0.15, 0.2) is 5.78 Å². The number of carboxylic acid groups (broad SMARTS) is 1. The van der Waals surface area contributed by atoms with E-state index in [2.05, 4.69) is 0 Å². The van der Waals surface area contributed by atoms with Crippen molar-refractivity contribution in [1.82, 2.24) is 0 Å². The molecule has 0 radical (unpaired) electrons. The molecule has 4 nitrogen and oxygen atoms in total. The Morgan fingerprint density at radius 1 is 1.35 bits per heavy atom. The van der Waals surface area contributed by atoms with E-state index in [0.29, 0.717) is 5.56 Å². The molecule has 0 aliphatic rings. The molecule has 92 valence electrons. The van der Waals surface area contributed by atoms with Crippen molar-refractivity contribution in [2.24, 2.45) is 0 Å². The summed E-state index contributed by atoms with van der Waals surface area (Å²) in [5.74, 6) is -3.02. The minimum Gasteiger partial charge on any atom is -0.481 e. The first-order chi connectivity index (χ1) is 7.90. The molecule has 0 heterocycles. The molecule has 0 aliphatic carbocycles. The number of rotatable bonds is 5. The Labute approximate surface area is 99.9 Å². The topological polar surface area (TPSA) is 71.4 Å². The second-order valence-corrected chi connectivity index (χ2v) is 4.97. The molecule has 1 unspecified atom stereocenters. The van der Waals surface area contributed by atoms with Crippen LogP contribution >= 0.6 is 0 Å². The van der Waals surface area contributed by atoms with Crippen LogP contribution in [-0.2, 0) is 15.6 Å². The summed E-state index contributed by atoms with van der Waals surface area (Å²) in [4.78, 5) is 21.9. The molecule has 6 heteroatoms. The average Bonchev–Trinajstić information content (AvgIpc) is 2.20. The van der Waals surface area contributed by atoms with Crippen molar-refractivity contribution < 1.29 is 23.3 Å². The van der Waals surface area contributed by atoms with Gasteiger partial charge in [0.2, 0.25) is 0 Å². The molecule has 17 heavy (non-hydrogen) atoms. The Kier molecular flexibility index (Phi) is 4.51. The summed E-state index contributed by atoms with van der Waals surface area (Å²) in [6.07, 6.45) is 0. The summed E-state index contributed by atoms with van der Waals surface area (Å²) in [7, 11) is -1.74. The molecule has 0 saturated carbocycles. The van der Waals surface area contributed by atoms with Gasteiger partial charge in [-0.25, -0.2) is 4.39 Å². The molecule has 1 aromatic carbocycles. The van der Waals surface area contributed by atoms with Gasteiger partial charge in [-0.3, -0.25) is 13.8 Å². The summed E-state index contributed by atoms with van der Waals surface area (Å²) in [5, 5.41) is 8.39. The lowest BCUT2D eigenvalue weighted by molar-refractivity contribution is -0.133. The molecule has 1 rings (SSSR count). The summed E-state index contributed by atoms with van der Waals surface area (Å²) in [6.45, 7) is 1.51. The van der Waals surface area contributed by atoms with Crippen molar-refractivity contribution in [3.05, 3.63) is 35.1 Å². The molecule has 0 fully saturated rings. The molecule has 0 bridgehead atoms. The lowest BCUT2D eigenvalue weighted by atomic mass is 10.1. The second-order valence-electron chi connectivity index (χ2n) is 3.51. The van der Waals surface area contributed by atoms with E-state index in [-0.39, 0.29) is 11.3 Å². The van der Waals surface area contributed by atoms with Gasteiger partial charge in [-0.1, -0.05) is 0 Å². The molecule has 1 N–H and O–H groups in total. The lowest BCUT2D eigenvalue weighted by Gasteiger charge is -2.02. The zero-order chi connectivity index (χ0) is 13.0. The molecular formula is C11H11FO4S. The van der Waals surface area contributed by atoms with Crippen LogP contribution in [0.3, 0.4) is 0 Å². The lowest BCUT2D eigenvalue weighted by Crippen LogP contribution is -2.18. The maximum absolute atomic E-state index is 12.9. The highest BCUT2D eigenvalue weighted by atomic mass is 32.2. The fraction of sp³-hybridized carbons (Fsp3) is 0.273. The number of aliphatic carboxylic acids is 1. The number of carbonyl (C=O) groups excluding carboxylic acids is 1. The predicted molar refractivity (Wildman–Crippen MR) is 61.0 cm³/mol. The smallest absolute Gasteiger partial charge is 0.316 e. The van der Waals surface area contributed by atoms with E-state index in [9.17, 15) is 18.2 Å². The van der Waals surface area contributed by atoms with Crippen molar-refractivity contribution in [3.8, 4) is 0 Å². The predicted octanol–water partition coefficient (Wildman–Crippen LogP) is 1.15. The third kappa shape index (κ3) is 4.07. The Morgan fingerprint density at radius 2 is 2.00 bits per heavy atom. The Bertz CT molecular complexity index is 484. The number of carboxylic acids is 1. The van der Waals surface area contributed by atoms with Crippen LogP contribution in [0.5, 0.6) is 0 Å². The van der Waals surface area contributed by atoms with Gasteiger partial charge >= 0.3 is 5.97 Å². The van der Waals surface area contributed by atoms with Gasteiger partial charge in [0.1, 0.15) is 11.6 Å². The molecule has 1 atom stereocenters. The molecule has 0 aromatic heterocycles. The monoisotopic (exact) mass is 258 g/mol. The number of hydrogen-bond acceptors (Lipinski definition) is 3. The summed E-state index contributed by atoms with van der Waals surface area (Å²) < 4.78 is 24.2. The van der Waals surface area contributed by atoms with Crippen molar-refractivity contribution in [2.45, 2.75) is 6.92 Å². The van der Waals surface area contributed by atoms with Crippen LogP contribution in [0.2, 0.25) is 0 Å². The van der Waals surface area contributed by atoms with Gasteiger partial charge in [-0.2, -0.15) is 0 Å². The first-order valence-electron chi connectivity index (χ1n) is 4.76. The normalized spacial score (nSPS) is 12.1. The van der Waals surface area contributed by atoms with Gasteiger partial charge < -0.3 is 5.11 Å². The van der Waals surface area contributed by atoms with Crippen LogP contribution in [0, 0.1) is 12.7 Å². The first-order valence-corrected chi connectivity index (χ1v) is 6.25. The van der Waals surface area contributed by atoms with Gasteiger partial charge in [-0.05, 0) is 30.7 Å². The number of carbonyl (C=O) groups is 2. The highest BCUT2D eigenvalue weighted by Gasteiger charge is 2.14. The summed E-state index contributed by atoms with van der Waals surface area (Å²) in [6, 6.07) is 3.81. The maximum Gasteiger partial charge on any atom is 0.316 e. The number of benzene rings is 1. The highest BCUT2D eigenvalue weighted by Crippen LogP contribution is 2.10. The average molecular weight is 258 g/mol. The number of ketones is 1. The first kappa shape index (κ1) is 13.5. The van der Waals surface area contributed by atoms with Crippen LogP contribution in [-0.4, -0.2) is 32.6 Å². The van der Waals surface area contributed by atoms with Crippen molar-refractivity contribution in [3.63, 3.8) is 0 Å². The molecule has 1 aromatic rings. The minimum atomic E-state index is -1.74. The Hall–Kier alpha value is -1.56. The molecule has 0 amide bonds. The van der Waals surface area contributed by atoms with E-state index < -0.39 is 34.1 Å². The number of hydrogen-bond donors (Lipinski definition) is 1. The van der Waals surface area contributed by atoms with Crippen LogP contribution in [0.4, 0.5) is 4.39 Å². The number of Topliss-reactive ketones (excluding diaryl/α,β-unsaturated/α-hetero) is 1. The van der Waals surface area contributed by atoms with Gasteiger partial charge in [0, 0.05) is 16.4 Å². The van der Waals surface area contributed by atoms with E-state index in [4.69, 9.17) is 5.11 Å². The molecule has 0 saturated heterocycles. The minimum absolute atomic E-state index is 0.239. The van der Waals surface area contributed by atoms with Crippen LogP contribution in [0.15, 0.2) is 18.2 Å². The summed E-state index contributed by atoms with van der Waals surface area (Å²) >= 11 is 0. The second kappa shape index (κ2) is 5.67. The van der Waals surface area contributed by atoms with E-state index in [1.165, 1.54) is 19.1 Å². The van der Waals surface area contributed by atoms with Crippen molar-refractivity contribution in [1.29, 1.82) is 0 Å². The fourth-order valence-electron chi connectivity index (χ4n) is 1.24. The highest BCUT2D eigenvalue weighted by molar-refractivity contribution is 7.86. The zero-order valence-electron chi connectivity index (χ0n) is 9.10. The van der Waals surface area contributed by atoms with Gasteiger partial charge in [-0.15, -0.1) is 0 Å². The SMILES string of the molecule is Cc1cc(C(=O)CS(=O)CC(=O)O)ccc1F. The van der Waals surface area contributed by atoms with Crippen LogP contribution in [0.25, 0.3) is 0 Å². The third-order valence-electron chi connectivity index (χ3n) is 2.06. The molecule has 0 aliphatic heterocycles. The van der Waals surface area contributed by atoms with E-state index in [0.717, 1.165) is 6.07 Å². The van der Waals surface area contributed by atoms with Crippen LogP contribution in [0.1, 0.15) is 15.9 Å². The van der Waals surface area contributed by atoms with Crippen molar-refractivity contribution in [2.75, 3.05) is 11.5 Å². The van der Waals surface area contributed by atoms with Crippen molar-refractivity contribution >= 4 is 22.6 Å². The molecule has 0 spiro atoms. The summed E-state index contributed by atoms with van der Waals surface area (Å²) in [5.41, 5.74) is 0.558. The van der Waals surface area contributed by atoms with Gasteiger partial charge in [0.25, 0.3) is 0 Å². The standard InChI is InChI=1S/C11H11FO4S/c1-7-4-8(2-3-9(7)12)10(13)5-17(16)6-11(14)15/h2-4H,5-6H2,1H3,(H,14,15). The third-order valence-corrected chi connectivity index (χ3v) is 3.21. The maximum atomic E-state index is 12.9. The Morgan fingerprint density at radius 3 is 2.53 bits per heavy atom. The van der Waals surface area contributed by atoms with E-state index >= 15 is 0 Å². The zero-order valence-corrected chi connectivity index (χ0v) is 9.92. The number of halogens is 1. The van der Waals surface area contributed by atoms with Crippen LogP contribution < -0.4 is 0 Å². The van der Waals surface area contributed by atoms with E-state index in [1.54, 1.807) is 0 Å². The Balaban J connectivity index is 2.73. The quantitative estimate of drug-likeness (QED) is 0.804. The van der Waals surface area contributed by atoms with Gasteiger partial charge in [0.05, 0.1) is 5.75 Å². The fourth-order valence-corrected chi connectivity index (χ4v) is 2.07. The number of aryl methyl sites for hydroxylation is 1. The molecular weight excluding hydrogens is 247 g/mol. The van der Waals surface area contributed by atoms with E-state index in [1.807, 2.05) is 0 Å². The largest absolute Gasteiger partial charge is 0.481 e.